The van der Waals surface area contributed by atoms with Crippen LogP contribution in [-0.2, 0) is 17.8 Å². The van der Waals surface area contributed by atoms with Gasteiger partial charge in [0, 0.05) is 18.5 Å². The average molecular weight is 288 g/mol. The van der Waals surface area contributed by atoms with Gasteiger partial charge >= 0.3 is 0 Å². The van der Waals surface area contributed by atoms with Crippen molar-refractivity contribution < 1.29 is 4.79 Å². The van der Waals surface area contributed by atoms with Crippen molar-refractivity contribution in [2.24, 2.45) is 5.92 Å². The Morgan fingerprint density at radius 3 is 2.86 bits per heavy atom. The first kappa shape index (κ1) is 14.4. The van der Waals surface area contributed by atoms with Gasteiger partial charge in [-0.1, -0.05) is 25.7 Å². The van der Waals surface area contributed by atoms with E-state index in [0.29, 0.717) is 12.3 Å². The summed E-state index contributed by atoms with van der Waals surface area (Å²) in [5.41, 5.74) is 2.12. The number of hydrogen-bond donors (Lipinski definition) is 2. The van der Waals surface area contributed by atoms with Crippen LogP contribution in [0.5, 0.6) is 0 Å². The monoisotopic (exact) mass is 288 g/mol. The largest absolute Gasteiger partial charge is 0.311 e. The molecule has 0 unspecified atom stereocenters. The molecule has 1 aliphatic carbocycles. The molecular weight excluding hydrogens is 264 g/mol. The van der Waals surface area contributed by atoms with Crippen LogP contribution < -0.4 is 10.6 Å². The fourth-order valence-electron chi connectivity index (χ4n) is 3.41. The molecule has 0 radical (unpaired) electrons. The van der Waals surface area contributed by atoms with E-state index in [4.69, 9.17) is 0 Å². The van der Waals surface area contributed by atoms with Crippen LogP contribution in [0.25, 0.3) is 0 Å². The van der Waals surface area contributed by atoms with Gasteiger partial charge in [0.2, 0.25) is 5.91 Å². The zero-order valence-electron chi connectivity index (χ0n) is 12.5. The van der Waals surface area contributed by atoms with E-state index in [2.05, 4.69) is 20.6 Å². The van der Waals surface area contributed by atoms with Crippen molar-refractivity contribution >= 4 is 11.7 Å². The minimum atomic E-state index is 0.112. The normalized spacial score (nSPS) is 19.6. The molecule has 2 heterocycles. The van der Waals surface area contributed by atoms with Crippen LogP contribution in [0.15, 0.2) is 6.33 Å². The minimum Gasteiger partial charge on any atom is -0.311 e. The Hall–Kier alpha value is -1.49. The highest BCUT2D eigenvalue weighted by Gasteiger charge is 2.19. The third-order valence-electron chi connectivity index (χ3n) is 4.59. The molecule has 21 heavy (non-hydrogen) atoms. The Kier molecular flexibility index (Phi) is 4.80. The lowest BCUT2D eigenvalue weighted by molar-refractivity contribution is -0.117. The topological polar surface area (TPSA) is 66.9 Å². The van der Waals surface area contributed by atoms with E-state index < -0.39 is 0 Å². The summed E-state index contributed by atoms with van der Waals surface area (Å²) < 4.78 is 0. The van der Waals surface area contributed by atoms with E-state index in [0.717, 1.165) is 36.6 Å². The maximum Gasteiger partial charge on any atom is 0.225 e. The second-order valence-corrected chi connectivity index (χ2v) is 6.18. The molecule has 0 aromatic carbocycles. The molecule has 5 heteroatoms. The third-order valence-corrected chi connectivity index (χ3v) is 4.59. The Morgan fingerprint density at radius 1 is 1.24 bits per heavy atom. The van der Waals surface area contributed by atoms with Crippen molar-refractivity contribution in [2.75, 3.05) is 11.9 Å². The van der Waals surface area contributed by atoms with Gasteiger partial charge in [-0.2, -0.15) is 0 Å². The lowest BCUT2D eigenvalue weighted by Crippen LogP contribution is -2.27. The summed E-state index contributed by atoms with van der Waals surface area (Å²) in [6.07, 6.45) is 10.6. The Labute approximate surface area is 125 Å². The number of carbonyl (C=O) groups excluding carboxylic acids is 1. The van der Waals surface area contributed by atoms with E-state index in [-0.39, 0.29) is 5.91 Å². The van der Waals surface area contributed by atoms with E-state index >= 15 is 0 Å². The van der Waals surface area contributed by atoms with Crippen LogP contribution in [0.2, 0.25) is 0 Å². The minimum absolute atomic E-state index is 0.112. The zero-order valence-corrected chi connectivity index (χ0v) is 12.5. The molecule has 1 aliphatic heterocycles. The van der Waals surface area contributed by atoms with Gasteiger partial charge in [0.1, 0.15) is 12.1 Å². The fourth-order valence-corrected chi connectivity index (χ4v) is 3.41. The summed E-state index contributed by atoms with van der Waals surface area (Å²) in [5, 5.41) is 6.31. The standard InChI is InChI=1S/C16H24N4O/c21-15(9-12-5-3-1-2-4-6-12)20-16-13-7-8-17-10-14(13)18-11-19-16/h11-12,17H,1-10H2,(H,18,19,20,21). The highest BCUT2D eigenvalue weighted by molar-refractivity contribution is 5.90. The smallest absolute Gasteiger partial charge is 0.225 e. The maximum atomic E-state index is 12.3. The molecule has 0 atom stereocenters. The van der Waals surface area contributed by atoms with Gasteiger partial charge in [-0.3, -0.25) is 4.79 Å². The van der Waals surface area contributed by atoms with E-state index in [1.54, 1.807) is 6.33 Å². The fraction of sp³-hybridized carbons (Fsp3) is 0.688. The van der Waals surface area contributed by atoms with Crippen molar-refractivity contribution in [2.45, 2.75) is 57.9 Å². The van der Waals surface area contributed by atoms with Crippen molar-refractivity contribution in [1.29, 1.82) is 0 Å². The second kappa shape index (κ2) is 6.98. The van der Waals surface area contributed by atoms with Gasteiger partial charge in [-0.15, -0.1) is 0 Å². The molecule has 5 nitrogen and oxygen atoms in total. The zero-order chi connectivity index (χ0) is 14.5. The van der Waals surface area contributed by atoms with E-state index in [1.165, 1.54) is 38.5 Å². The molecule has 0 bridgehead atoms. The number of carbonyl (C=O) groups is 1. The van der Waals surface area contributed by atoms with Crippen LogP contribution in [0.3, 0.4) is 0 Å². The van der Waals surface area contributed by atoms with Crippen molar-refractivity contribution in [3.05, 3.63) is 17.6 Å². The lowest BCUT2D eigenvalue weighted by Gasteiger charge is -2.19. The van der Waals surface area contributed by atoms with Gasteiger partial charge in [-0.25, -0.2) is 9.97 Å². The summed E-state index contributed by atoms with van der Waals surface area (Å²) in [6, 6.07) is 0. The quantitative estimate of drug-likeness (QED) is 0.838. The first-order valence-corrected chi connectivity index (χ1v) is 8.16. The van der Waals surface area contributed by atoms with Crippen molar-refractivity contribution in [1.82, 2.24) is 15.3 Å². The molecule has 1 aromatic rings. The summed E-state index contributed by atoms with van der Waals surface area (Å²) in [5.74, 6) is 1.38. The number of aromatic nitrogens is 2. The molecule has 0 spiro atoms. The first-order chi connectivity index (χ1) is 10.3. The molecule has 0 saturated heterocycles. The van der Waals surface area contributed by atoms with E-state index in [1.807, 2.05) is 0 Å². The van der Waals surface area contributed by atoms with Crippen LogP contribution in [0.1, 0.15) is 56.2 Å². The van der Waals surface area contributed by atoms with Crippen molar-refractivity contribution in [3.63, 3.8) is 0 Å². The number of hydrogen-bond acceptors (Lipinski definition) is 4. The van der Waals surface area contributed by atoms with Crippen LogP contribution in [-0.4, -0.2) is 22.4 Å². The highest BCUT2D eigenvalue weighted by Crippen LogP contribution is 2.26. The molecule has 2 aliphatic rings. The molecule has 2 N–H and O–H groups in total. The SMILES string of the molecule is O=C(CC1CCCCCC1)Nc1ncnc2c1CCNC2. The number of nitrogens with zero attached hydrogens (tertiary/aromatic N) is 2. The molecule has 1 aromatic heterocycles. The Morgan fingerprint density at radius 2 is 2.05 bits per heavy atom. The molecular formula is C16H24N4O. The first-order valence-electron chi connectivity index (χ1n) is 8.16. The predicted octanol–water partition coefficient (Wildman–Crippen LogP) is 2.42. The van der Waals surface area contributed by atoms with Crippen LogP contribution in [0.4, 0.5) is 5.82 Å². The number of rotatable bonds is 3. The molecule has 1 fully saturated rings. The van der Waals surface area contributed by atoms with Gasteiger partial charge < -0.3 is 10.6 Å². The molecule has 1 amide bonds. The lowest BCUT2D eigenvalue weighted by atomic mass is 9.96. The third kappa shape index (κ3) is 3.79. The second-order valence-electron chi connectivity index (χ2n) is 6.18. The van der Waals surface area contributed by atoms with E-state index in [9.17, 15) is 4.79 Å². The van der Waals surface area contributed by atoms with Gasteiger partial charge in [0.15, 0.2) is 0 Å². The Bertz CT molecular complexity index is 495. The van der Waals surface area contributed by atoms with Gasteiger partial charge in [0.05, 0.1) is 5.69 Å². The number of nitrogens with one attached hydrogen (secondary N) is 2. The number of amides is 1. The average Bonchev–Trinajstić information content (AvgIpc) is 2.76. The van der Waals surface area contributed by atoms with Gasteiger partial charge in [-0.05, 0) is 31.7 Å². The number of fused-ring (bicyclic) bond motifs is 1. The summed E-state index contributed by atoms with van der Waals surface area (Å²) in [7, 11) is 0. The highest BCUT2D eigenvalue weighted by atomic mass is 16.1. The van der Waals surface area contributed by atoms with Crippen LogP contribution in [0, 0.1) is 5.92 Å². The molecule has 3 rings (SSSR count). The van der Waals surface area contributed by atoms with Crippen LogP contribution >= 0.6 is 0 Å². The van der Waals surface area contributed by atoms with Gasteiger partial charge in [0.25, 0.3) is 0 Å². The summed E-state index contributed by atoms with van der Waals surface area (Å²) in [6.45, 7) is 1.69. The maximum absolute atomic E-state index is 12.3. The Balaban J connectivity index is 1.62. The summed E-state index contributed by atoms with van der Waals surface area (Å²) >= 11 is 0. The number of anilines is 1. The van der Waals surface area contributed by atoms with Crippen molar-refractivity contribution in [3.8, 4) is 0 Å². The molecule has 114 valence electrons. The predicted molar refractivity (Wildman–Crippen MR) is 81.9 cm³/mol. The summed E-state index contributed by atoms with van der Waals surface area (Å²) in [4.78, 5) is 20.9. The molecule has 1 saturated carbocycles.